The van der Waals surface area contributed by atoms with Gasteiger partial charge in [0, 0.05) is 18.4 Å². The Labute approximate surface area is 101 Å². The Hall–Kier alpha value is -1.89. The molecule has 0 spiro atoms. The Morgan fingerprint density at radius 3 is 2.61 bits per heavy atom. The van der Waals surface area contributed by atoms with E-state index in [9.17, 15) is 13.2 Å². The summed E-state index contributed by atoms with van der Waals surface area (Å²) in [5.74, 6) is 0.306. The first-order chi connectivity index (χ1) is 8.38. The Balaban J connectivity index is 2.37. The van der Waals surface area contributed by atoms with Gasteiger partial charge in [-0.15, -0.1) is 0 Å². The van der Waals surface area contributed by atoms with Crippen LogP contribution < -0.4 is 5.73 Å². The summed E-state index contributed by atoms with van der Waals surface area (Å²) in [5.41, 5.74) is 5.53. The largest absolute Gasteiger partial charge is 0.435 e. The van der Waals surface area contributed by atoms with Crippen molar-refractivity contribution < 1.29 is 13.2 Å². The number of hydrogen-bond donors (Lipinski definition) is 1. The molecule has 0 amide bonds. The highest BCUT2D eigenvalue weighted by atomic mass is 19.4. The minimum Gasteiger partial charge on any atom is -0.324 e. The normalized spacial score (nSPS) is 13.6. The van der Waals surface area contributed by atoms with Crippen molar-refractivity contribution in [3.63, 3.8) is 0 Å². The van der Waals surface area contributed by atoms with Gasteiger partial charge in [0.2, 0.25) is 0 Å². The van der Waals surface area contributed by atoms with Crippen molar-refractivity contribution in [2.45, 2.75) is 19.1 Å². The van der Waals surface area contributed by atoms with Crippen LogP contribution >= 0.6 is 0 Å². The first kappa shape index (κ1) is 12.6. The van der Waals surface area contributed by atoms with E-state index in [-0.39, 0.29) is 6.04 Å². The highest BCUT2D eigenvalue weighted by Crippen LogP contribution is 2.27. The molecule has 0 saturated heterocycles. The zero-order chi connectivity index (χ0) is 13.3. The molecule has 2 heterocycles. The summed E-state index contributed by atoms with van der Waals surface area (Å²) in [6.45, 7) is 1.78. The standard InChI is InChI=1S/C11H11F3N4/c1-7(15)8-2-4-16-10(6-8)18-5-3-9(17-18)11(12,13)14/h2-7H,15H2,1H3/t7-/m1/s1. The molecular weight excluding hydrogens is 245 g/mol. The van der Waals surface area contributed by atoms with Gasteiger partial charge in [0.15, 0.2) is 11.5 Å². The van der Waals surface area contributed by atoms with E-state index in [0.29, 0.717) is 5.82 Å². The number of alkyl halides is 3. The zero-order valence-electron chi connectivity index (χ0n) is 9.52. The smallest absolute Gasteiger partial charge is 0.324 e. The molecule has 0 aliphatic rings. The third kappa shape index (κ3) is 2.51. The average Bonchev–Trinajstić information content (AvgIpc) is 2.78. The van der Waals surface area contributed by atoms with E-state index in [0.717, 1.165) is 16.3 Å². The molecule has 96 valence electrons. The number of rotatable bonds is 2. The lowest BCUT2D eigenvalue weighted by atomic mass is 10.1. The second kappa shape index (κ2) is 4.41. The lowest BCUT2D eigenvalue weighted by Gasteiger charge is -2.07. The van der Waals surface area contributed by atoms with Gasteiger partial charge in [-0.1, -0.05) is 0 Å². The van der Waals surface area contributed by atoms with Gasteiger partial charge < -0.3 is 5.73 Å². The second-order valence-electron chi connectivity index (χ2n) is 3.88. The summed E-state index contributed by atoms with van der Waals surface area (Å²) in [7, 11) is 0. The van der Waals surface area contributed by atoms with Crippen molar-refractivity contribution in [3.8, 4) is 5.82 Å². The van der Waals surface area contributed by atoms with E-state index in [4.69, 9.17) is 5.73 Å². The molecule has 0 aromatic carbocycles. The summed E-state index contributed by atoms with van der Waals surface area (Å²) in [6, 6.07) is 4.00. The van der Waals surface area contributed by atoms with Gasteiger partial charge in [-0.2, -0.15) is 18.3 Å². The first-order valence-electron chi connectivity index (χ1n) is 5.22. The quantitative estimate of drug-likeness (QED) is 0.897. The highest BCUT2D eigenvalue weighted by molar-refractivity contribution is 5.29. The molecular formula is C11H11F3N4. The minimum absolute atomic E-state index is 0.218. The van der Waals surface area contributed by atoms with Crippen LogP contribution in [-0.2, 0) is 6.18 Å². The zero-order valence-corrected chi connectivity index (χ0v) is 9.52. The molecule has 0 fully saturated rings. The van der Waals surface area contributed by atoms with Gasteiger partial charge in [0.05, 0.1) is 0 Å². The molecule has 7 heteroatoms. The predicted octanol–water partition coefficient (Wildman–Crippen LogP) is 2.31. The topological polar surface area (TPSA) is 56.7 Å². The number of nitrogens with two attached hydrogens (primary N) is 1. The van der Waals surface area contributed by atoms with Crippen LogP contribution in [0.4, 0.5) is 13.2 Å². The van der Waals surface area contributed by atoms with Crippen LogP contribution in [0, 0.1) is 0 Å². The van der Waals surface area contributed by atoms with Crippen molar-refractivity contribution in [3.05, 3.63) is 41.9 Å². The van der Waals surface area contributed by atoms with E-state index in [1.165, 1.54) is 12.4 Å². The molecule has 0 aliphatic heterocycles. The number of hydrogen-bond acceptors (Lipinski definition) is 3. The fraction of sp³-hybridized carbons (Fsp3) is 0.273. The van der Waals surface area contributed by atoms with Crippen LogP contribution in [0.1, 0.15) is 24.2 Å². The summed E-state index contributed by atoms with van der Waals surface area (Å²) in [5, 5.41) is 3.44. The van der Waals surface area contributed by atoms with E-state index in [1.807, 2.05) is 0 Å². The molecule has 0 saturated carbocycles. The van der Waals surface area contributed by atoms with Crippen LogP contribution in [0.5, 0.6) is 0 Å². The summed E-state index contributed by atoms with van der Waals surface area (Å²) in [6.07, 6.45) is -1.75. The van der Waals surface area contributed by atoms with Crippen molar-refractivity contribution in [1.82, 2.24) is 14.8 Å². The Kier molecular flexibility index (Phi) is 3.08. The molecule has 18 heavy (non-hydrogen) atoms. The minimum atomic E-state index is -4.45. The molecule has 0 aliphatic carbocycles. The van der Waals surface area contributed by atoms with Crippen molar-refractivity contribution in [2.24, 2.45) is 5.73 Å². The Morgan fingerprint density at radius 2 is 2.06 bits per heavy atom. The first-order valence-corrected chi connectivity index (χ1v) is 5.22. The summed E-state index contributed by atoms with van der Waals surface area (Å²) in [4.78, 5) is 3.96. The summed E-state index contributed by atoms with van der Waals surface area (Å²) >= 11 is 0. The van der Waals surface area contributed by atoms with E-state index < -0.39 is 11.9 Å². The molecule has 2 aromatic rings. The lowest BCUT2D eigenvalue weighted by molar-refractivity contribution is -0.141. The molecule has 2 aromatic heterocycles. The van der Waals surface area contributed by atoms with Crippen LogP contribution in [0.25, 0.3) is 5.82 Å². The van der Waals surface area contributed by atoms with Crippen LogP contribution in [-0.4, -0.2) is 14.8 Å². The maximum Gasteiger partial charge on any atom is 0.435 e. The fourth-order valence-electron chi connectivity index (χ4n) is 1.45. The molecule has 2 N–H and O–H groups in total. The molecule has 1 atom stereocenters. The maximum absolute atomic E-state index is 12.4. The third-order valence-corrected chi connectivity index (χ3v) is 2.41. The lowest BCUT2D eigenvalue weighted by Crippen LogP contribution is -2.09. The van der Waals surface area contributed by atoms with Crippen molar-refractivity contribution in [2.75, 3.05) is 0 Å². The van der Waals surface area contributed by atoms with E-state index in [2.05, 4.69) is 10.1 Å². The van der Waals surface area contributed by atoms with Gasteiger partial charge >= 0.3 is 6.18 Å². The monoisotopic (exact) mass is 256 g/mol. The van der Waals surface area contributed by atoms with Gasteiger partial charge in [-0.25, -0.2) is 9.67 Å². The third-order valence-electron chi connectivity index (χ3n) is 2.41. The summed E-state index contributed by atoms with van der Waals surface area (Å²) < 4.78 is 38.3. The molecule has 0 bridgehead atoms. The average molecular weight is 256 g/mol. The van der Waals surface area contributed by atoms with Gasteiger partial charge in [-0.3, -0.25) is 0 Å². The molecule has 2 rings (SSSR count). The van der Waals surface area contributed by atoms with Gasteiger partial charge in [0.1, 0.15) is 0 Å². The fourth-order valence-corrected chi connectivity index (χ4v) is 1.45. The highest BCUT2D eigenvalue weighted by Gasteiger charge is 2.33. The number of halogens is 3. The number of nitrogens with zero attached hydrogens (tertiary/aromatic N) is 3. The van der Waals surface area contributed by atoms with Gasteiger partial charge in [0.25, 0.3) is 0 Å². The Morgan fingerprint density at radius 1 is 1.33 bits per heavy atom. The predicted molar refractivity (Wildman–Crippen MR) is 59.0 cm³/mol. The van der Waals surface area contributed by atoms with Crippen LogP contribution in [0.15, 0.2) is 30.6 Å². The van der Waals surface area contributed by atoms with Crippen LogP contribution in [0.3, 0.4) is 0 Å². The van der Waals surface area contributed by atoms with E-state index >= 15 is 0 Å². The Bertz CT molecular complexity index is 545. The molecule has 4 nitrogen and oxygen atoms in total. The second-order valence-corrected chi connectivity index (χ2v) is 3.88. The maximum atomic E-state index is 12.4. The number of pyridine rings is 1. The van der Waals surface area contributed by atoms with Crippen LogP contribution in [0.2, 0.25) is 0 Å². The molecule has 0 radical (unpaired) electrons. The van der Waals surface area contributed by atoms with E-state index in [1.54, 1.807) is 19.1 Å². The van der Waals surface area contributed by atoms with Gasteiger partial charge in [-0.05, 0) is 30.7 Å². The van der Waals surface area contributed by atoms with Crippen molar-refractivity contribution in [1.29, 1.82) is 0 Å². The molecule has 0 unspecified atom stereocenters. The van der Waals surface area contributed by atoms with Crippen molar-refractivity contribution >= 4 is 0 Å². The SMILES string of the molecule is C[C@@H](N)c1ccnc(-n2ccc(C(F)(F)F)n2)c1. The number of aromatic nitrogens is 3.